The van der Waals surface area contributed by atoms with Crippen LogP contribution in [0.1, 0.15) is 22.9 Å². The molecule has 1 atom stereocenters. The van der Waals surface area contributed by atoms with E-state index in [1.54, 1.807) is 5.01 Å². The Morgan fingerprint density at radius 1 is 0.941 bits per heavy atom. The Hall–Kier alpha value is -2.72. The SMILES string of the molecule is Cc1ccccc1NC(=S)SC1=NN2C(=S)N(c3ccccc3C)C(c3ccccc3)N=C2S1. The molecule has 0 amide bonds. The third-order valence-electron chi connectivity index (χ3n) is 5.44. The van der Waals surface area contributed by atoms with E-state index in [0.717, 1.165) is 37.6 Å². The summed E-state index contributed by atoms with van der Waals surface area (Å²) in [6, 6.07) is 26.5. The van der Waals surface area contributed by atoms with Gasteiger partial charge in [-0.15, -0.1) is 5.10 Å². The molecule has 2 aliphatic heterocycles. The molecule has 0 saturated carbocycles. The summed E-state index contributed by atoms with van der Waals surface area (Å²) < 4.78 is 1.41. The second-order valence-corrected chi connectivity index (χ2v) is 11.0. The molecule has 9 heteroatoms. The van der Waals surface area contributed by atoms with Gasteiger partial charge in [0.25, 0.3) is 0 Å². The lowest BCUT2D eigenvalue weighted by Gasteiger charge is -2.38. The zero-order chi connectivity index (χ0) is 23.7. The van der Waals surface area contributed by atoms with E-state index in [1.807, 2.05) is 48.5 Å². The second kappa shape index (κ2) is 9.87. The van der Waals surface area contributed by atoms with Crippen LogP contribution in [0.25, 0.3) is 0 Å². The zero-order valence-corrected chi connectivity index (χ0v) is 21.8. The van der Waals surface area contributed by atoms with Crippen molar-refractivity contribution >= 4 is 78.3 Å². The summed E-state index contributed by atoms with van der Waals surface area (Å²) in [6.07, 6.45) is -0.273. The molecule has 34 heavy (non-hydrogen) atoms. The van der Waals surface area contributed by atoms with Crippen molar-refractivity contribution in [3.8, 4) is 0 Å². The van der Waals surface area contributed by atoms with E-state index in [0.29, 0.717) is 9.43 Å². The van der Waals surface area contributed by atoms with Gasteiger partial charge in [0.1, 0.15) is 4.32 Å². The molecule has 170 valence electrons. The highest BCUT2D eigenvalue weighted by Crippen LogP contribution is 2.40. The highest BCUT2D eigenvalue weighted by Gasteiger charge is 2.39. The monoisotopic (exact) mass is 519 g/mol. The van der Waals surface area contributed by atoms with Crippen molar-refractivity contribution in [1.29, 1.82) is 0 Å². The van der Waals surface area contributed by atoms with Gasteiger partial charge in [-0.25, -0.2) is 4.99 Å². The van der Waals surface area contributed by atoms with Gasteiger partial charge in [-0.3, -0.25) is 4.90 Å². The normalized spacial score (nSPS) is 17.2. The van der Waals surface area contributed by atoms with Gasteiger partial charge in [0, 0.05) is 11.4 Å². The minimum Gasteiger partial charge on any atom is -0.341 e. The molecule has 5 nitrogen and oxygen atoms in total. The number of hydrogen-bond acceptors (Lipinski definition) is 6. The maximum absolute atomic E-state index is 5.96. The first-order chi connectivity index (χ1) is 16.5. The Morgan fingerprint density at radius 2 is 1.62 bits per heavy atom. The van der Waals surface area contributed by atoms with Crippen LogP contribution in [-0.4, -0.2) is 24.0 Å². The number of nitrogens with one attached hydrogen (secondary N) is 1. The summed E-state index contributed by atoms with van der Waals surface area (Å²) in [4.78, 5) is 7.15. The summed E-state index contributed by atoms with van der Waals surface area (Å²) in [5, 5.41) is 11.2. The van der Waals surface area contributed by atoms with Crippen LogP contribution in [-0.2, 0) is 0 Å². The third-order valence-corrected chi connectivity index (χ3v) is 7.92. The van der Waals surface area contributed by atoms with Gasteiger partial charge in [0.05, 0.1) is 0 Å². The smallest absolute Gasteiger partial charge is 0.205 e. The van der Waals surface area contributed by atoms with Crippen molar-refractivity contribution in [2.75, 3.05) is 10.2 Å². The minimum absolute atomic E-state index is 0.273. The van der Waals surface area contributed by atoms with Crippen LogP contribution in [0.3, 0.4) is 0 Å². The number of thioether (sulfide) groups is 2. The fourth-order valence-corrected chi connectivity index (χ4v) is 6.34. The number of rotatable bonds is 3. The molecule has 1 N–H and O–H groups in total. The van der Waals surface area contributed by atoms with Crippen LogP contribution in [0.2, 0.25) is 0 Å². The number of hydrazone groups is 1. The fraction of sp³-hybridized carbons (Fsp3) is 0.120. The Labute approximate surface area is 218 Å². The number of fused-ring (bicyclic) bond motifs is 1. The maximum Gasteiger partial charge on any atom is 0.205 e. The van der Waals surface area contributed by atoms with Crippen molar-refractivity contribution in [3.05, 3.63) is 95.6 Å². The Bertz CT molecular complexity index is 1320. The number of anilines is 2. The first kappa shape index (κ1) is 23.0. The number of amidine groups is 1. The summed E-state index contributed by atoms with van der Waals surface area (Å²) in [5.41, 5.74) is 5.33. The topological polar surface area (TPSA) is 43.2 Å². The summed E-state index contributed by atoms with van der Waals surface area (Å²) in [7, 11) is 0. The quantitative estimate of drug-likeness (QED) is 0.377. The van der Waals surface area contributed by atoms with E-state index in [4.69, 9.17) is 34.5 Å². The molecule has 0 bridgehead atoms. The molecule has 0 aliphatic carbocycles. The highest BCUT2D eigenvalue weighted by molar-refractivity contribution is 8.52. The molecule has 0 spiro atoms. The number of aliphatic imine (C=N–C) groups is 1. The van der Waals surface area contributed by atoms with Gasteiger partial charge in [0.2, 0.25) is 5.11 Å². The third kappa shape index (κ3) is 4.61. The number of benzene rings is 3. The van der Waals surface area contributed by atoms with E-state index < -0.39 is 0 Å². The molecule has 0 saturated heterocycles. The van der Waals surface area contributed by atoms with Crippen LogP contribution in [0, 0.1) is 13.8 Å². The van der Waals surface area contributed by atoms with Crippen molar-refractivity contribution in [2.45, 2.75) is 20.0 Å². The molecule has 3 aromatic carbocycles. The first-order valence-electron chi connectivity index (χ1n) is 10.6. The number of para-hydroxylation sites is 2. The maximum atomic E-state index is 5.96. The van der Waals surface area contributed by atoms with Gasteiger partial charge >= 0.3 is 0 Å². The predicted octanol–water partition coefficient (Wildman–Crippen LogP) is 6.91. The first-order valence-corrected chi connectivity index (χ1v) is 13.1. The molecule has 3 aromatic rings. The van der Waals surface area contributed by atoms with E-state index in [-0.39, 0.29) is 6.17 Å². The van der Waals surface area contributed by atoms with E-state index in [2.05, 4.69) is 54.4 Å². The van der Waals surface area contributed by atoms with E-state index >= 15 is 0 Å². The van der Waals surface area contributed by atoms with Crippen molar-refractivity contribution in [3.63, 3.8) is 0 Å². The summed E-state index contributed by atoms with van der Waals surface area (Å²) in [5.74, 6) is 0. The molecular formula is C25H21N5S4. The van der Waals surface area contributed by atoms with Gasteiger partial charge < -0.3 is 5.32 Å². The Balaban J connectivity index is 1.44. The summed E-state index contributed by atoms with van der Waals surface area (Å²) >= 11 is 14.5. The van der Waals surface area contributed by atoms with Gasteiger partial charge in [-0.1, -0.05) is 78.9 Å². The van der Waals surface area contributed by atoms with Gasteiger partial charge in [-0.2, -0.15) is 5.01 Å². The summed E-state index contributed by atoms with van der Waals surface area (Å²) in [6.45, 7) is 4.13. The number of thiocarbonyl (C=S) groups is 2. The number of aryl methyl sites for hydroxylation is 2. The van der Waals surface area contributed by atoms with Crippen LogP contribution < -0.4 is 10.2 Å². The molecule has 1 unspecified atom stereocenters. The average molecular weight is 520 g/mol. The lowest BCUT2D eigenvalue weighted by atomic mass is 10.1. The lowest BCUT2D eigenvalue weighted by Crippen LogP contribution is -2.47. The van der Waals surface area contributed by atoms with Crippen molar-refractivity contribution in [2.24, 2.45) is 10.1 Å². The van der Waals surface area contributed by atoms with E-state index in [9.17, 15) is 0 Å². The number of hydrogen-bond donors (Lipinski definition) is 1. The van der Waals surface area contributed by atoms with Crippen molar-refractivity contribution < 1.29 is 0 Å². The Kier molecular flexibility index (Phi) is 6.69. The van der Waals surface area contributed by atoms with Gasteiger partial charge in [-0.05, 0) is 78.4 Å². The van der Waals surface area contributed by atoms with Crippen LogP contribution >= 0.6 is 48.0 Å². The predicted molar refractivity (Wildman–Crippen MR) is 155 cm³/mol. The van der Waals surface area contributed by atoms with E-state index in [1.165, 1.54) is 23.5 Å². The number of nitrogens with zero attached hydrogens (tertiary/aromatic N) is 4. The lowest BCUT2D eigenvalue weighted by molar-refractivity contribution is 0.598. The molecule has 0 radical (unpaired) electrons. The van der Waals surface area contributed by atoms with Crippen LogP contribution in [0.5, 0.6) is 0 Å². The Morgan fingerprint density at radius 3 is 2.35 bits per heavy atom. The van der Waals surface area contributed by atoms with Gasteiger partial charge in [0.15, 0.2) is 15.7 Å². The van der Waals surface area contributed by atoms with Crippen LogP contribution in [0.4, 0.5) is 11.4 Å². The van der Waals surface area contributed by atoms with Crippen molar-refractivity contribution in [1.82, 2.24) is 5.01 Å². The fourth-order valence-electron chi connectivity index (χ4n) is 3.73. The minimum atomic E-state index is -0.273. The second-order valence-electron chi connectivity index (χ2n) is 7.74. The molecule has 2 aliphatic rings. The molecule has 5 rings (SSSR count). The molecular weight excluding hydrogens is 499 g/mol. The highest BCUT2D eigenvalue weighted by atomic mass is 32.2. The largest absolute Gasteiger partial charge is 0.341 e. The zero-order valence-electron chi connectivity index (χ0n) is 18.5. The average Bonchev–Trinajstić information content (AvgIpc) is 3.24. The molecule has 0 fully saturated rings. The molecule has 0 aromatic heterocycles. The standard InChI is InChI=1S/C25H21N5S4/c1-16-10-6-8-14-19(16)26-23(31)34-24-28-30-22(33-24)27-21(18-12-4-3-5-13-18)29(25(30)32)20-15-9-7-11-17(20)2/h3-15,21H,1-2H3,(H,26,31). The molecule has 2 heterocycles. The van der Waals surface area contributed by atoms with Crippen LogP contribution in [0.15, 0.2) is 89.0 Å².